The largest absolute Gasteiger partial charge is 0.454 e. The highest BCUT2D eigenvalue weighted by molar-refractivity contribution is 6.32. The van der Waals surface area contributed by atoms with Gasteiger partial charge in [-0.15, -0.1) is 0 Å². The van der Waals surface area contributed by atoms with Gasteiger partial charge < -0.3 is 20.1 Å². The molecule has 2 heterocycles. The Balaban J connectivity index is 1.42. The van der Waals surface area contributed by atoms with E-state index in [1.807, 2.05) is 0 Å². The van der Waals surface area contributed by atoms with E-state index in [0.717, 1.165) is 22.6 Å². The number of hydrogen-bond acceptors (Lipinski definition) is 5. The molecule has 2 N–H and O–H groups in total. The van der Waals surface area contributed by atoms with Crippen molar-refractivity contribution in [2.45, 2.75) is 19.0 Å². The van der Waals surface area contributed by atoms with Gasteiger partial charge in [-0.05, 0) is 36.8 Å². The molecule has 0 aliphatic carbocycles. The van der Waals surface area contributed by atoms with Gasteiger partial charge in [-0.25, -0.2) is 9.18 Å². The Bertz CT molecular complexity index is 1060. The van der Waals surface area contributed by atoms with E-state index in [1.165, 1.54) is 13.0 Å². The van der Waals surface area contributed by atoms with Crippen LogP contribution < -0.4 is 20.1 Å². The maximum absolute atomic E-state index is 13.3. The fraction of sp³-hybridized carbons (Fsp3) is 0.250. The van der Waals surface area contributed by atoms with E-state index in [9.17, 15) is 18.8 Å². The molecule has 0 aromatic heterocycles. The fourth-order valence-electron chi connectivity index (χ4n) is 3.37. The van der Waals surface area contributed by atoms with E-state index in [0.29, 0.717) is 11.5 Å². The average Bonchev–Trinajstić information content (AvgIpc) is 3.24. The maximum atomic E-state index is 13.3. The van der Waals surface area contributed by atoms with Crippen molar-refractivity contribution in [1.29, 1.82) is 0 Å². The summed E-state index contributed by atoms with van der Waals surface area (Å²) in [4.78, 5) is 38.4. The SMILES string of the molecule is CC1(c2ccc(F)cc2Cl)NC(=O)N(CC(=O)NCc2ccc3c(c2)OCO3)C1=O. The second-order valence-corrected chi connectivity index (χ2v) is 7.44. The Morgan fingerprint density at radius 1 is 1.23 bits per heavy atom. The Hall–Kier alpha value is -3.33. The minimum absolute atomic E-state index is 0.000240. The fourth-order valence-corrected chi connectivity index (χ4v) is 3.73. The van der Waals surface area contributed by atoms with Crippen molar-refractivity contribution < 1.29 is 28.2 Å². The first-order valence-electron chi connectivity index (χ1n) is 9.03. The molecule has 1 fully saturated rings. The van der Waals surface area contributed by atoms with Gasteiger partial charge in [0.25, 0.3) is 5.91 Å². The van der Waals surface area contributed by atoms with Crippen LogP contribution in [0.1, 0.15) is 18.1 Å². The molecule has 30 heavy (non-hydrogen) atoms. The number of fused-ring (bicyclic) bond motifs is 1. The number of carbonyl (C=O) groups excluding carboxylic acids is 3. The summed E-state index contributed by atoms with van der Waals surface area (Å²) >= 11 is 6.06. The molecule has 0 saturated carbocycles. The lowest BCUT2D eigenvalue weighted by atomic mass is 9.92. The van der Waals surface area contributed by atoms with Crippen LogP contribution in [0.25, 0.3) is 0 Å². The van der Waals surface area contributed by atoms with Gasteiger partial charge in [-0.2, -0.15) is 0 Å². The monoisotopic (exact) mass is 433 g/mol. The van der Waals surface area contributed by atoms with Crippen molar-refractivity contribution in [2.75, 3.05) is 13.3 Å². The maximum Gasteiger partial charge on any atom is 0.325 e. The first kappa shape index (κ1) is 20.0. The number of imide groups is 1. The number of nitrogens with zero attached hydrogens (tertiary/aromatic N) is 1. The molecule has 4 rings (SSSR count). The van der Waals surface area contributed by atoms with Gasteiger partial charge in [0, 0.05) is 17.1 Å². The number of benzene rings is 2. The van der Waals surface area contributed by atoms with Crippen LogP contribution in [0.2, 0.25) is 5.02 Å². The molecule has 0 radical (unpaired) electrons. The zero-order valence-corrected chi connectivity index (χ0v) is 16.6. The van der Waals surface area contributed by atoms with Crippen molar-refractivity contribution in [3.8, 4) is 11.5 Å². The number of halogens is 2. The number of hydrogen-bond donors (Lipinski definition) is 2. The van der Waals surface area contributed by atoms with Crippen LogP contribution in [0.3, 0.4) is 0 Å². The van der Waals surface area contributed by atoms with Gasteiger partial charge in [0.2, 0.25) is 12.7 Å². The summed E-state index contributed by atoms with van der Waals surface area (Å²) in [6.07, 6.45) is 0. The predicted octanol–water partition coefficient (Wildman–Crippen LogP) is 2.29. The van der Waals surface area contributed by atoms with E-state index in [2.05, 4.69) is 10.6 Å². The van der Waals surface area contributed by atoms with Crippen LogP contribution in [0, 0.1) is 5.82 Å². The van der Waals surface area contributed by atoms with Crippen molar-refractivity contribution in [1.82, 2.24) is 15.5 Å². The first-order chi connectivity index (χ1) is 14.3. The second kappa shape index (κ2) is 7.49. The summed E-state index contributed by atoms with van der Waals surface area (Å²) in [6, 6.07) is 8.05. The molecule has 0 bridgehead atoms. The van der Waals surface area contributed by atoms with E-state index >= 15 is 0 Å². The van der Waals surface area contributed by atoms with Gasteiger partial charge in [-0.3, -0.25) is 14.5 Å². The molecular formula is C20H17ClFN3O5. The lowest BCUT2D eigenvalue weighted by Gasteiger charge is -2.23. The van der Waals surface area contributed by atoms with Gasteiger partial charge >= 0.3 is 6.03 Å². The van der Waals surface area contributed by atoms with Crippen molar-refractivity contribution in [2.24, 2.45) is 0 Å². The molecule has 2 aromatic carbocycles. The van der Waals surface area contributed by atoms with E-state index in [1.54, 1.807) is 18.2 Å². The van der Waals surface area contributed by atoms with E-state index in [-0.39, 0.29) is 23.9 Å². The minimum atomic E-state index is -1.50. The van der Waals surface area contributed by atoms with Crippen molar-refractivity contribution in [3.63, 3.8) is 0 Å². The third kappa shape index (κ3) is 3.52. The smallest absolute Gasteiger partial charge is 0.325 e. The lowest BCUT2D eigenvalue weighted by molar-refractivity contribution is -0.134. The van der Waals surface area contributed by atoms with Crippen molar-refractivity contribution in [3.05, 3.63) is 58.4 Å². The molecule has 2 aliphatic heterocycles. The highest BCUT2D eigenvalue weighted by Gasteiger charge is 2.50. The Kier molecular flexibility index (Phi) is 4.98. The van der Waals surface area contributed by atoms with Crippen LogP contribution in [0.5, 0.6) is 11.5 Å². The topological polar surface area (TPSA) is 97.0 Å². The summed E-state index contributed by atoms with van der Waals surface area (Å²) in [5.41, 5.74) is -0.487. The van der Waals surface area contributed by atoms with Gasteiger partial charge in [0.15, 0.2) is 11.5 Å². The normalized spacial score (nSPS) is 19.8. The lowest BCUT2D eigenvalue weighted by Crippen LogP contribution is -2.43. The molecule has 156 valence electrons. The van der Waals surface area contributed by atoms with E-state index < -0.39 is 35.7 Å². The number of nitrogens with one attached hydrogen (secondary N) is 2. The number of urea groups is 1. The molecule has 10 heteroatoms. The van der Waals surface area contributed by atoms with Crippen molar-refractivity contribution >= 4 is 29.4 Å². The molecule has 1 unspecified atom stereocenters. The number of carbonyl (C=O) groups is 3. The third-order valence-corrected chi connectivity index (χ3v) is 5.29. The standard InChI is InChI=1S/C20H17ClFN3O5/c1-20(13-4-3-12(22)7-14(13)21)18(27)25(19(28)24-20)9-17(26)23-8-11-2-5-15-16(6-11)30-10-29-15/h2-7H,8-10H2,1H3,(H,23,26)(H,24,28). The van der Waals surface area contributed by atoms with Crippen LogP contribution in [0.4, 0.5) is 9.18 Å². The first-order valence-corrected chi connectivity index (χ1v) is 9.40. The molecule has 1 atom stereocenters. The number of rotatable bonds is 5. The quantitative estimate of drug-likeness (QED) is 0.705. The zero-order chi connectivity index (χ0) is 21.5. The van der Waals surface area contributed by atoms with Gasteiger partial charge in [-0.1, -0.05) is 23.7 Å². The predicted molar refractivity (Wildman–Crippen MR) is 103 cm³/mol. The summed E-state index contributed by atoms with van der Waals surface area (Å²) in [6.45, 7) is 1.31. The zero-order valence-electron chi connectivity index (χ0n) is 15.8. The summed E-state index contributed by atoms with van der Waals surface area (Å²) in [7, 11) is 0. The Morgan fingerprint density at radius 3 is 2.77 bits per heavy atom. The Morgan fingerprint density at radius 2 is 2.00 bits per heavy atom. The molecule has 8 nitrogen and oxygen atoms in total. The molecule has 4 amide bonds. The van der Waals surface area contributed by atoms with Gasteiger partial charge in [0.05, 0.1) is 0 Å². The summed E-state index contributed by atoms with van der Waals surface area (Å²) in [5, 5.41) is 5.19. The third-order valence-electron chi connectivity index (χ3n) is 4.97. The highest BCUT2D eigenvalue weighted by atomic mass is 35.5. The van der Waals surface area contributed by atoms with E-state index in [4.69, 9.17) is 21.1 Å². The van der Waals surface area contributed by atoms with Crippen LogP contribution >= 0.6 is 11.6 Å². The minimum Gasteiger partial charge on any atom is -0.454 e. The second-order valence-electron chi connectivity index (χ2n) is 7.03. The number of ether oxygens (including phenoxy) is 2. The molecule has 1 saturated heterocycles. The average molecular weight is 434 g/mol. The van der Waals surface area contributed by atoms with Crippen LogP contribution in [-0.4, -0.2) is 36.1 Å². The molecular weight excluding hydrogens is 417 g/mol. The number of amides is 4. The molecule has 0 spiro atoms. The summed E-state index contributed by atoms with van der Waals surface area (Å²) in [5.74, 6) is -0.528. The van der Waals surface area contributed by atoms with Gasteiger partial charge in [0.1, 0.15) is 17.9 Å². The Labute approximate surface area is 175 Å². The van der Waals surface area contributed by atoms with Crippen LogP contribution in [-0.2, 0) is 21.7 Å². The highest BCUT2D eigenvalue weighted by Crippen LogP contribution is 2.34. The molecule has 2 aliphatic rings. The van der Waals surface area contributed by atoms with Crippen LogP contribution in [0.15, 0.2) is 36.4 Å². The molecule has 2 aromatic rings. The summed E-state index contributed by atoms with van der Waals surface area (Å²) < 4.78 is 23.9.